The van der Waals surface area contributed by atoms with Crippen molar-refractivity contribution >= 4 is 28.8 Å². The minimum atomic E-state index is -0.216. The first-order chi connectivity index (χ1) is 12.5. The highest BCUT2D eigenvalue weighted by Crippen LogP contribution is 2.20. The SMILES string of the molecule is CCCc1nc2c(C)cccn2c1C(=O)Nc1cccc(NC(C)=O)c1. The number of carbonyl (C=O) groups is 2. The Balaban J connectivity index is 1.96. The van der Waals surface area contributed by atoms with Crippen molar-refractivity contribution in [1.82, 2.24) is 9.38 Å². The number of anilines is 2. The van der Waals surface area contributed by atoms with Crippen LogP contribution in [0.4, 0.5) is 11.4 Å². The van der Waals surface area contributed by atoms with Crippen LogP contribution in [-0.2, 0) is 11.2 Å². The number of imidazole rings is 1. The fourth-order valence-electron chi connectivity index (χ4n) is 2.97. The second-order valence-electron chi connectivity index (χ2n) is 6.26. The number of hydrogen-bond acceptors (Lipinski definition) is 3. The average Bonchev–Trinajstić information content (AvgIpc) is 2.94. The number of fused-ring (bicyclic) bond motifs is 1. The fraction of sp³-hybridized carbons (Fsp3) is 0.250. The quantitative estimate of drug-likeness (QED) is 0.735. The summed E-state index contributed by atoms with van der Waals surface area (Å²) in [5.41, 5.74) is 4.42. The topological polar surface area (TPSA) is 75.5 Å². The van der Waals surface area contributed by atoms with Crippen molar-refractivity contribution in [2.45, 2.75) is 33.6 Å². The van der Waals surface area contributed by atoms with Gasteiger partial charge in [-0.05, 0) is 43.2 Å². The predicted molar refractivity (Wildman–Crippen MR) is 103 cm³/mol. The highest BCUT2D eigenvalue weighted by molar-refractivity contribution is 6.05. The zero-order chi connectivity index (χ0) is 18.7. The standard InChI is InChI=1S/C20H22N4O2/c1-4-7-17-18(24-11-6-8-13(2)19(24)23-17)20(26)22-16-10-5-9-15(12-16)21-14(3)25/h5-6,8-12H,4,7H2,1-3H3,(H,21,25)(H,22,26). The zero-order valence-electron chi connectivity index (χ0n) is 15.2. The number of aromatic nitrogens is 2. The van der Waals surface area contributed by atoms with E-state index in [9.17, 15) is 9.59 Å². The van der Waals surface area contributed by atoms with Gasteiger partial charge in [-0.25, -0.2) is 4.98 Å². The summed E-state index contributed by atoms with van der Waals surface area (Å²) in [6.07, 6.45) is 3.49. The molecule has 0 atom stereocenters. The van der Waals surface area contributed by atoms with E-state index in [1.807, 2.05) is 29.7 Å². The van der Waals surface area contributed by atoms with Crippen molar-refractivity contribution in [3.05, 3.63) is 59.5 Å². The third-order valence-electron chi connectivity index (χ3n) is 4.06. The van der Waals surface area contributed by atoms with Gasteiger partial charge in [0.05, 0.1) is 5.69 Å². The molecule has 2 heterocycles. The molecular weight excluding hydrogens is 328 g/mol. The first-order valence-electron chi connectivity index (χ1n) is 8.65. The second-order valence-corrected chi connectivity index (χ2v) is 6.26. The van der Waals surface area contributed by atoms with E-state index in [1.165, 1.54) is 6.92 Å². The van der Waals surface area contributed by atoms with Crippen molar-refractivity contribution in [2.24, 2.45) is 0 Å². The van der Waals surface area contributed by atoms with E-state index in [0.717, 1.165) is 29.7 Å². The number of nitrogens with zero attached hydrogens (tertiary/aromatic N) is 2. The Kier molecular flexibility index (Phi) is 5.02. The fourth-order valence-corrected chi connectivity index (χ4v) is 2.97. The Morgan fingerprint density at radius 1 is 1.12 bits per heavy atom. The lowest BCUT2D eigenvalue weighted by atomic mass is 10.2. The molecule has 0 aliphatic rings. The molecule has 6 nitrogen and oxygen atoms in total. The first-order valence-corrected chi connectivity index (χ1v) is 8.65. The molecule has 0 radical (unpaired) electrons. The maximum absolute atomic E-state index is 13.0. The Bertz CT molecular complexity index is 975. The minimum absolute atomic E-state index is 0.157. The largest absolute Gasteiger partial charge is 0.326 e. The summed E-state index contributed by atoms with van der Waals surface area (Å²) >= 11 is 0. The number of pyridine rings is 1. The normalized spacial score (nSPS) is 10.7. The number of nitrogens with one attached hydrogen (secondary N) is 2. The van der Waals surface area contributed by atoms with Gasteiger partial charge in [0.15, 0.2) is 0 Å². The summed E-state index contributed by atoms with van der Waals surface area (Å²) in [7, 11) is 0. The van der Waals surface area contributed by atoms with Gasteiger partial charge in [-0.3, -0.25) is 14.0 Å². The summed E-state index contributed by atoms with van der Waals surface area (Å²) in [4.78, 5) is 28.9. The summed E-state index contributed by atoms with van der Waals surface area (Å²) in [5.74, 6) is -0.373. The van der Waals surface area contributed by atoms with Crippen molar-refractivity contribution in [3.63, 3.8) is 0 Å². The molecule has 0 fully saturated rings. The zero-order valence-corrected chi connectivity index (χ0v) is 15.2. The smallest absolute Gasteiger partial charge is 0.274 e. The van der Waals surface area contributed by atoms with E-state index < -0.39 is 0 Å². The van der Waals surface area contributed by atoms with Crippen molar-refractivity contribution < 1.29 is 9.59 Å². The Labute approximate surface area is 152 Å². The first kappa shape index (κ1) is 17.7. The van der Waals surface area contributed by atoms with Gasteiger partial charge in [0.25, 0.3) is 5.91 Å². The molecule has 2 aromatic heterocycles. The van der Waals surface area contributed by atoms with Crippen LogP contribution in [0.15, 0.2) is 42.6 Å². The van der Waals surface area contributed by atoms with Crippen molar-refractivity contribution in [1.29, 1.82) is 0 Å². The lowest BCUT2D eigenvalue weighted by Gasteiger charge is -2.09. The van der Waals surface area contributed by atoms with Gasteiger partial charge in [0.1, 0.15) is 11.3 Å². The molecular formula is C20H22N4O2. The molecule has 0 spiro atoms. The van der Waals surface area contributed by atoms with E-state index >= 15 is 0 Å². The number of benzene rings is 1. The second kappa shape index (κ2) is 7.39. The summed E-state index contributed by atoms with van der Waals surface area (Å²) in [6, 6.07) is 11.0. The molecule has 6 heteroatoms. The molecule has 0 aliphatic heterocycles. The van der Waals surface area contributed by atoms with E-state index in [4.69, 9.17) is 0 Å². The molecule has 2 N–H and O–H groups in total. The molecule has 2 amide bonds. The van der Waals surface area contributed by atoms with E-state index in [1.54, 1.807) is 24.3 Å². The van der Waals surface area contributed by atoms with Gasteiger partial charge in [0, 0.05) is 24.5 Å². The molecule has 0 aliphatic carbocycles. The van der Waals surface area contributed by atoms with E-state index in [2.05, 4.69) is 22.5 Å². The van der Waals surface area contributed by atoms with Crippen LogP contribution >= 0.6 is 0 Å². The van der Waals surface area contributed by atoms with E-state index in [0.29, 0.717) is 17.1 Å². The molecule has 1 aromatic carbocycles. The maximum atomic E-state index is 13.0. The number of aryl methyl sites for hydroxylation is 2. The summed E-state index contributed by atoms with van der Waals surface area (Å²) in [5, 5.41) is 5.63. The third-order valence-corrected chi connectivity index (χ3v) is 4.06. The molecule has 0 saturated heterocycles. The van der Waals surface area contributed by atoms with Crippen LogP contribution in [0.2, 0.25) is 0 Å². The Morgan fingerprint density at radius 3 is 2.54 bits per heavy atom. The van der Waals surface area contributed by atoms with Crippen LogP contribution < -0.4 is 10.6 Å². The number of carbonyl (C=O) groups excluding carboxylic acids is 2. The molecule has 134 valence electrons. The maximum Gasteiger partial charge on any atom is 0.274 e. The molecule has 0 unspecified atom stereocenters. The van der Waals surface area contributed by atoms with Crippen molar-refractivity contribution in [2.75, 3.05) is 10.6 Å². The van der Waals surface area contributed by atoms with Crippen LogP contribution in [-0.4, -0.2) is 21.2 Å². The van der Waals surface area contributed by atoms with Crippen molar-refractivity contribution in [3.8, 4) is 0 Å². The highest BCUT2D eigenvalue weighted by atomic mass is 16.2. The monoisotopic (exact) mass is 350 g/mol. The lowest BCUT2D eigenvalue weighted by molar-refractivity contribution is -0.114. The molecule has 0 saturated carbocycles. The minimum Gasteiger partial charge on any atom is -0.326 e. The van der Waals surface area contributed by atoms with Gasteiger partial charge < -0.3 is 10.6 Å². The van der Waals surface area contributed by atoms with Crippen LogP contribution in [0.25, 0.3) is 5.65 Å². The van der Waals surface area contributed by atoms with Crippen LogP contribution in [0, 0.1) is 6.92 Å². The van der Waals surface area contributed by atoms with Gasteiger partial charge in [-0.2, -0.15) is 0 Å². The Hall–Kier alpha value is -3.15. The third kappa shape index (κ3) is 3.59. The predicted octanol–water partition coefficient (Wildman–Crippen LogP) is 3.81. The molecule has 26 heavy (non-hydrogen) atoms. The van der Waals surface area contributed by atoms with Gasteiger partial charge in [-0.15, -0.1) is 0 Å². The highest BCUT2D eigenvalue weighted by Gasteiger charge is 2.19. The average molecular weight is 350 g/mol. The number of rotatable bonds is 5. The van der Waals surface area contributed by atoms with Gasteiger partial charge >= 0.3 is 0 Å². The number of hydrogen-bond donors (Lipinski definition) is 2. The van der Waals surface area contributed by atoms with E-state index in [-0.39, 0.29) is 11.8 Å². The van der Waals surface area contributed by atoms with Crippen LogP contribution in [0.3, 0.4) is 0 Å². The number of amides is 2. The van der Waals surface area contributed by atoms with Gasteiger partial charge in [-0.1, -0.05) is 25.5 Å². The Morgan fingerprint density at radius 2 is 1.85 bits per heavy atom. The van der Waals surface area contributed by atoms with Crippen LogP contribution in [0.1, 0.15) is 42.0 Å². The lowest BCUT2D eigenvalue weighted by Crippen LogP contribution is -2.16. The summed E-state index contributed by atoms with van der Waals surface area (Å²) in [6.45, 7) is 5.50. The van der Waals surface area contributed by atoms with Crippen LogP contribution in [0.5, 0.6) is 0 Å². The molecule has 3 rings (SSSR count). The molecule has 0 bridgehead atoms. The van der Waals surface area contributed by atoms with Gasteiger partial charge in [0.2, 0.25) is 5.91 Å². The summed E-state index contributed by atoms with van der Waals surface area (Å²) < 4.78 is 1.84. The molecule has 3 aromatic rings.